The van der Waals surface area contributed by atoms with Crippen molar-refractivity contribution in [3.05, 3.63) is 18.2 Å². The van der Waals surface area contributed by atoms with Crippen molar-refractivity contribution >= 4 is 11.8 Å². The van der Waals surface area contributed by atoms with Crippen LogP contribution in [0.25, 0.3) is 0 Å². The highest BCUT2D eigenvalue weighted by Crippen LogP contribution is 2.26. The summed E-state index contributed by atoms with van der Waals surface area (Å²) < 4.78 is 2.22. The Kier molecular flexibility index (Phi) is 6.29. The van der Waals surface area contributed by atoms with E-state index >= 15 is 0 Å². The van der Waals surface area contributed by atoms with Gasteiger partial charge < -0.3 is 19.3 Å². The molecule has 0 radical (unpaired) electrons. The van der Waals surface area contributed by atoms with Crippen LogP contribution in [0.4, 0.5) is 0 Å². The van der Waals surface area contributed by atoms with E-state index in [0.29, 0.717) is 25.3 Å². The molecule has 0 bridgehead atoms. The maximum atomic E-state index is 12.6. The molecule has 7 heteroatoms. The number of likely N-dealkylation sites (N-methyl/N-ethyl adjacent to an activating group) is 1. The van der Waals surface area contributed by atoms with Crippen LogP contribution in [0.3, 0.4) is 0 Å². The third kappa shape index (κ3) is 4.63. The van der Waals surface area contributed by atoms with Crippen molar-refractivity contribution < 1.29 is 9.59 Å². The Morgan fingerprint density at radius 2 is 2.12 bits per heavy atom. The zero-order chi connectivity index (χ0) is 18.5. The van der Waals surface area contributed by atoms with E-state index in [9.17, 15) is 9.59 Å². The smallest absolute Gasteiger partial charge is 0.224 e. The van der Waals surface area contributed by atoms with E-state index in [-0.39, 0.29) is 11.8 Å². The number of hydrogen-bond acceptors (Lipinski definition) is 4. The molecule has 3 rings (SSSR count). The Labute approximate surface area is 156 Å². The number of piperidine rings is 1. The molecule has 26 heavy (non-hydrogen) atoms. The highest BCUT2D eigenvalue weighted by molar-refractivity contribution is 5.80. The Bertz CT molecular complexity index is 627. The van der Waals surface area contributed by atoms with Crippen molar-refractivity contribution in [3.63, 3.8) is 0 Å². The highest BCUT2D eigenvalue weighted by Gasteiger charge is 2.28. The van der Waals surface area contributed by atoms with Crippen LogP contribution in [0.15, 0.2) is 12.4 Å². The molecule has 0 spiro atoms. The van der Waals surface area contributed by atoms with Crippen molar-refractivity contribution in [2.45, 2.75) is 44.6 Å². The van der Waals surface area contributed by atoms with E-state index < -0.39 is 0 Å². The molecule has 2 aliphatic heterocycles. The SMILES string of the molecule is CN(C)CCn1ccnc1C1CCCN(C(=O)CCN2CCCC2=O)C1. The summed E-state index contributed by atoms with van der Waals surface area (Å²) in [6.45, 7) is 4.83. The zero-order valence-electron chi connectivity index (χ0n) is 16.1. The predicted molar refractivity (Wildman–Crippen MR) is 99.8 cm³/mol. The van der Waals surface area contributed by atoms with Gasteiger partial charge in [-0.3, -0.25) is 9.59 Å². The van der Waals surface area contributed by atoms with E-state index in [2.05, 4.69) is 28.5 Å². The summed E-state index contributed by atoms with van der Waals surface area (Å²) in [6.07, 6.45) is 7.99. The van der Waals surface area contributed by atoms with Gasteiger partial charge in [0.05, 0.1) is 0 Å². The second-order valence-corrected chi connectivity index (χ2v) is 7.70. The molecule has 0 aliphatic carbocycles. The largest absolute Gasteiger partial charge is 0.342 e. The van der Waals surface area contributed by atoms with E-state index in [1.807, 2.05) is 22.2 Å². The number of hydrogen-bond donors (Lipinski definition) is 0. The van der Waals surface area contributed by atoms with Gasteiger partial charge in [-0.25, -0.2) is 4.98 Å². The molecule has 1 unspecified atom stereocenters. The maximum Gasteiger partial charge on any atom is 0.224 e. The van der Waals surface area contributed by atoms with E-state index in [0.717, 1.165) is 57.8 Å². The van der Waals surface area contributed by atoms with Crippen molar-refractivity contribution in [1.29, 1.82) is 0 Å². The number of aromatic nitrogens is 2. The first-order chi connectivity index (χ1) is 12.5. The second kappa shape index (κ2) is 8.66. The summed E-state index contributed by atoms with van der Waals surface area (Å²) in [4.78, 5) is 34.9. The molecule has 0 aromatic carbocycles. The lowest BCUT2D eigenvalue weighted by molar-refractivity contribution is -0.133. The minimum atomic E-state index is 0.167. The number of imidazole rings is 1. The molecule has 3 heterocycles. The van der Waals surface area contributed by atoms with Crippen LogP contribution in [0.2, 0.25) is 0 Å². The molecule has 1 aromatic heterocycles. The number of carbonyl (C=O) groups is 2. The first-order valence-corrected chi connectivity index (χ1v) is 9.76. The molecule has 2 aliphatic rings. The number of amides is 2. The van der Waals surface area contributed by atoms with Gasteiger partial charge in [-0.2, -0.15) is 0 Å². The fourth-order valence-corrected chi connectivity index (χ4v) is 3.92. The van der Waals surface area contributed by atoms with Crippen LogP contribution in [0.5, 0.6) is 0 Å². The van der Waals surface area contributed by atoms with Crippen LogP contribution in [-0.4, -0.2) is 82.9 Å². The lowest BCUT2D eigenvalue weighted by Crippen LogP contribution is -2.41. The zero-order valence-corrected chi connectivity index (χ0v) is 16.1. The third-order valence-corrected chi connectivity index (χ3v) is 5.44. The Morgan fingerprint density at radius 3 is 2.85 bits per heavy atom. The first kappa shape index (κ1) is 18.9. The topological polar surface area (TPSA) is 61.7 Å². The lowest BCUT2D eigenvalue weighted by Gasteiger charge is -2.33. The van der Waals surface area contributed by atoms with Gasteiger partial charge in [-0.05, 0) is 33.4 Å². The molecule has 7 nitrogen and oxygen atoms in total. The molecular formula is C19H31N5O2. The fourth-order valence-electron chi connectivity index (χ4n) is 3.92. The normalized spacial score (nSPS) is 21.0. The average molecular weight is 361 g/mol. The molecule has 0 saturated carbocycles. The minimum Gasteiger partial charge on any atom is -0.342 e. The summed E-state index contributed by atoms with van der Waals surface area (Å²) >= 11 is 0. The van der Waals surface area contributed by atoms with Crippen molar-refractivity contribution in [2.24, 2.45) is 0 Å². The van der Waals surface area contributed by atoms with Crippen LogP contribution in [0.1, 0.15) is 43.8 Å². The lowest BCUT2D eigenvalue weighted by atomic mass is 9.96. The summed E-state index contributed by atoms with van der Waals surface area (Å²) in [7, 11) is 4.14. The van der Waals surface area contributed by atoms with Gasteiger partial charge in [-0.1, -0.05) is 0 Å². The van der Waals surface area contributed by atoms with Gasteiger partial charge in [0.1, 0.15) is 5.82 Å². The van der Waals surface area contributed by atoms with Gasteiger partial charge in [0.15, 0.2) is 0 Å². The van der Waals surface area contributed by atoms with Crippen LogP contribution >= 0.6 is 0 Å². The molecule has 1 atom stereocenters. The first-order valence-electron chi connectivity index (χ1n) is 9.76. The Hall–Kier alpha value is -1.89. The van der Waals surface area contributed by atoms with Gasteiger partial charge in [0.2, 0.25) is 11.8 Å². The second-order valence-electron chi connectivity index (χ2n) is 7.70. The Morgan fingerprint density at radius 1 is 1.27 bits per heavy atom. The van der Waals surface area contributed by atoms with Gasteiger partial charge in [0.25, 0.3) is 0 Å². The fraction of sp³-hybridized carbons (Fsp3) is 0.737. The van der Waals surface area contributed by atoms with Crippen molar-refractivity contribution in [1.82, 2.24) is 24.3 Å². The van der Waals surface area contributed by atoms with Crippen molar-refractivity contribution in [3.8, 4) is 0 Å². The molecule has 2 amide bonds. The number of likely N-dealkylation sites (tertiary alicyclic amines) is 2. The van der Waals surface area contributed by atoms with E-state index in [1.54, 1.807) is 0 Å². The summed E-state index contributed by atoms with van der Waals surface area (Å²) in [5.74, 6) is 1.76. The van der Waals surface area contributed by atoms with Crippen LogP contribution < -0.4 is 0 Å². The average Bonchev–Trinajstić information content (AvgIpc) is 3.26. The molecular weight excluding hydrogens is 330 g/mol. The molecule has 2 saturated heterocycles. The van der Waals surface area contributed by atoms with Crippen LogP contribution in [-0.2, 0) is 16.1 Å². The monoisotopic (exact) mass is 361 g/mol. The third-order valence-electron chi connectivity index (χ3n) is 5.44. The van der Waals surface area contributed by atoms with E-state index in [1.165, 1.54) is 0 Å². The predicted octanol–water partition coefficient (Wildman–Crippen LogP) is 1.16. The maximum absolute atomic E-state index is 12.6. The van der Waals surface area contributed by atoms with E-state index in [4.69, 9.17) is 0 Å². The summed E-state index contributed by atoms with van der Waals surface area (Å²) in [5.41, 5.74) is 0. The van der Waals surface area contributed by atoms with Gasteiger partial charge in [0, 0.05) is 70.4 Å². The highest BCUT2D eigenvalue weighted by atomic mass is 16.2. The molecule has 2 fully saturated rings. The number of nitrogens with zero attached hydrogens (tertiary/aromatic N) is 5. The quantitative estimate of drug-likeness (QED) is 0.731. The Balaban J connectivity index is 1.54. The summed E-state index contributed by atoms with van der Waals surface area (Å²) in [6, 6.07) is 0. The number of rotatable bonds is 7. The number of carbonyl (C=O) groups excluding carboxylic acids is 2. The molecule has 1 aromatic rings. The van der Waals surface area contributed by atoms with Crippen LogP contribution in [0, 0.1) is 0 Å². The molecule has 144 valence electrons. The van der Waals surface area contributed by atoms with Gasteiger partial charge in [-0.15, -0.1) is 0 Å². The van der Waals surface area contributed by atoms with Crippen molar-refractivity contribution in [2.75, 3.05) is 46.8 Å². The standard InChI is InChI=1S/C19H31N5O2/c1-21(2)13-14-23-12-8-20-19(23)16-5-3-10-24(15-16)18(26)7-11-22-9-4-6-17(22)25/h8,12,16H,3-7,9-11,13-15H2,1-2H3. The van der Waals surface area contributed by atoms with Gasteiger partial charge >= 0.3 is 0 Å². The molecule has 0 N–H and O–H groups in total. The summed E-state index contributed by atoms with van der Waals surface area (Å²) in [5, 5.41) is 0. The minimum absolute atomic E-state index is 0.167.